The molecule has 5 heteroatoms. The van der Waals surface area contributed by atoms with Crippen molar-refractivity contribution in [3.63, 3.8) is 0 Å². The van der Waals surface area contributed by atoms with Gasteiger partial charge in [0.25, 0.3) is 0 Å². The van der Waals surface area contributed by atoms with Crippen molar-refractivity contribution in [3.05, 3.63) is 28.3 Å². The highest BCUT2D eigenvalue weighted by molar-refractivity contribution is 7.89. The second-order valence-corrected chi connectivity index (χ2v) is 7.30. The number of hydrogen-bond acceptors (Lipinski definition) is 3. The maximum Gasteiger partial charge on any atom is 0.241 e. The minimum absolute atomic E-state index is 0.351. The molecule has 0 amide bonds. The first kappa shape index (κ1) is 17.1. The minimum atomic E-state index is -3.45. The lowest BCUT2D eigenvalue weighted by Crippen LogP contribution is -2.35. The Hall–Kier alpha value is -0.910. The molecule has 0 bridgehead atoms. The Labute approximate surface area is 123 Å². The van der Waals surface area contributed by atoms with Crippen molar-refractivity contribution in [2.24, 2.45) is 0 Å². The van der Waals surface area contributed by atoms with Gasteiger partial charge in [-0.05, 0) is 49.9 Å². The van der Waals surface area contributed by atoms with Crippen LogP contribution in [0.1, 0.15) is 36.1 Å². The average molecular weight is 298 g/mol. The van der Waals surface area contributed by atoms with Crippen molar-refractivity contribution in [2.45, 2.75) is 52.5 Å². The van der Waals surface area contributed by atoms with Gasteiger partial charge in [-0.3, -0.25) is 0 Å². The molecule has 0 saturated carbocycles. The Morgan fingerprint density at radius 2 is 1.50 bits per heavy atom. The molecule has 0 aliphatic rings. The maximum atomic E-state index is 12.5. The normalized spacial score (nSPS) is 12.2. The highest BCUT2D eigenvalue weighted by Gasteiger charge is 2.21. The van der Waals surface area contributed by atoms with E-state index in [4.69, 9.17) is 0 Å². The zero-order chi connectivity index (χ0) is 15.5. The molecular formula is C15H26N2O2S. The third kappa shape index (κ3) is 4.04. The molecule has 0 aliphatic carbocycles. The van der Waals surface area contributed by atoms with Crippen molar-refractivity contribution in [2.75, 3.05) is 13.1 Å². The molecule has 1 rings (SSSR count). The lowest BCUT2D eigenvalue weighted by Gasteiger charge is -2.16. The van der Waals surface area contributed by atoms with E-state index in [1.54, 1.807) is 0 Å². The molecule has 0 fully saturated rings. The van der Waals surface area contributed by atoms with Crippen LogP contribution < -0.4 is 10.0 Å². The van der Waals surface area contributed by atoms with Gasteiger partial charge in [0.1, 0.15) is 0 Å². The molecule has 0 spiro atoms. The van der Waals surface area contributed by atoms with Gasteiger partial charge < -0.3 is 5.32 Å². The van der Waals surface area contributed by atoms with E-state index >= 15 is 0 Å². The zero-order valence-corrected chi connectivity index (χ0v) is 14.1. The van der Waals surface area contributed by atoms with Crippen molar-refractivity contribution in [1.29, 1.82) is 0 Å². The van der Waals surface area contributed by atoms with Crippen LogP contribution in [-0.2, 0) is 10.0 Å². The summed E-state index contributed by atoms with van der Waals surface area (Å²) >= 11 is 0. The number of rotatable bonds is 6. The summed E-state index contributed by atoms with van der Waals surface area (Å²) in [7, 11) is -3.45. The average Bonchev–Trinajstić information content (AvgIpc) is 2.32. The molecule has 0 atom stereocenters. The summed E-state index contributed by atoms with van der Waals surface area (Å²) in [5.41, 5.74) is 3.68. The summed E-state index contributed by atoms with van der Waals surface area (Å²) in [6.07, 6.45) is 0. The van der Waals surface area contributed by atoms with Gasteiger partial charge >= 0.3 is 0 Å². The van der Waals surface area contributed by atoms with Crippen LogP contribution in [0.2, 0.25) is 0 Å². The first-order valence-electron chi connectivity index (χ1n) is 6.97. The highest BCUT2D eigenvalue weighted by atomic mass is 32.2. The lowest BCUT2D eigenvalue weighted by atomic mass is 10.0. The molecule has 0 aromatic heterocycles. The van der Waals surface area contributed by atoms with Crippen LogP contribution in [0.3, 0.4) is 0 Å². The van der Waals surface area contributed by atoms with Gasteiger partial charge in [0.05, 0.1) is 4.90 Å². The molecule has 0 unspecified atom stereocenters. The first-order chi connectivity index (χ1) is 9.16. The third-order valence-electron chi connectivity index (χ3n) is 3.54. The molecule has 114 valence electrons. The van der Waals surface area contributed by atoms with E-state index in [2.05, 4.69) is 10.0 Å². The van der Waals surface area contributed by atoms with Crippen molar-refractivity contribution in [3.8, 4) is 0 Å². The van der Waals surface area contributed by atoms with Crippen LogP contribution in [0.15, 0.2) is 11.0 Å². The number of aryl methyl sites for hydroxylation is 2. The van der Waals surface area contributed by atoms with Gasteiger partial charge in [-0.1, -0.05) is 19.9 Å². The largest absolute Gasteiger partial charge is 0.313 e. The maximum absolute atomic E-state index is 12.5. The Balaban J connectivity index is 2.99. The highest BCUT2D eigenvalue weighted by Crippen LogP contribution is 2.25. The van der Waals surface area contributed by atoms with Crippen LogP contribution in [0, 0.1) is 27.7 Å². The molecule has 0 saturated heterocycles. The van der Waals surface area contributed by atoms with E-state index in [-0.39, 0.29) is 0 Å². The van der Waals surface area contributed by atoms with E-state index in [9.17, 15) is 8.42 Å². The summed E-state index contributed by atoms with van der Waals surface area (Å²) in [6, 6.07) is 2.38. The molecule has 2 N–H and O–H groups in total. The molecule has 0 radical (unpaired) electrons. The summed E-state index contributed by atoms with van der Waals surface area (Å²) in [4.78, 5) is 0.430. The fraction of sp³-hybridized carbons (Fsp3) is 0.600. The van der Waals surface area contributed by atoms with Gasteiger partial charge in [-0.15, -0.1) is 0 Å². The van der Waals surface area contributed by atoms with Crippen molar-refractivity contribution in [1.82, 2.24) is 10.0 Å². The molecule has 1 aromatic rings. The van der Waals surface area contributed by atoms with E-state index in [1.807, 2.05) is 47.6 Å². The standard InChI is InChI=1S/C15H26N2O2S/c1-10(2)16-7-8-17-20(18,19)15-13(5)11(3)9-12(4)14(15)6/h9-10,16-17H,7-8H2,1-6H3. The van der Waals surface area contributed by atoms with Crippen LogP contribution in [0.4, 0.5) is 0 Å². The molecule has 1 aromatic carbocycles. The fourth-order valence-corrected chi connectivity index (χ4v) is 3.85. The monoisotopic (exact) mass is 298 g/mol. The van der Waals surface area contributed by atoms with E-state index in [1.165, 1.54) is 0 Å². The van der Waals surface area contributed by atoms with Crippen molar-refractivity contribution >= 4 is 10.0 Å². The van der Waals surface area contributed by atoms with E-state index in [0.717, 1.165) is 22.3 Å². The number of benzene rings is 1. The first-order valence-corrected chi connectivity index (χ1v) is 8.45. The SMILES string of the molecule is Cc1cc(C)c(C)c(S(=O)(=O)NCCNC(C)C)c1C. The van der Waals surface area contributed by atoms with Crippen molar-refractivity contribution < 1.29 is 8.42 Å². The summed E-state index contributed by atoms with van der Waals surface area (Å²) in [6.45, 7) is 12.7. The molecule has 4 nitrogen and oxygen atoms in total. The molecular weight excluding hydrogens is 272 g/mol. The Bertz CT molecular complexity index is 552. The van der Waals surface area contributed by atoms with Gasteiger partial charge in [0.2, 0.25) is 10.0 Å². The number of nitrogens with one attached hydrogen (secondary N) is 2. The van der Waals surface area contributed by atoms with Gasteiger partial charge in [-0.2, -0.15) is 0 Å². The smallest absolute Gasteiger partial charge is 0.241 e. The van der Waals surface area contributed by atoms with E-state index < -0.39 is 10.0 Å². The van der Waals surface area contributed by atoms with Crippen LogP contribution in [0.25, 0.3) is 0 Å². The van der Waals surface area contributed by atoms with Gasteiger partial charge in [0.15, 0.2) is 0 Å². The molecule has 0 heterocycles. The van der Waals surface area contributed by atoms with Crippen LogP contribution >= 0.6 is 0 Å². The predicted molar refractivity (Wildman–Crippen MR) is 83.7 cm³/mol. The molecule has 20 heavy (non-hydrogen) atoms. The Morgan fingerprint density at radius 1 is 1.00 bits per heavy atom. The number of sulfonamides is 1. The number of hydrogen-bond donors (Lipinski definition) is 2. The fourth-order valence-electron chi connectivity index (χ4n) is 2.20. The Morgan fingerprint density at radius 3 is 1.95 bits per heavy atom. The second kappa shape index (κ2) is 6.70. The van der Waals surface area contributed by atoms with Gasteiger partial charge in [-0.25, -0.2) is 13.1 Å². The van der Waals surface area contributed by atoms with Gasteiger partial charge in [0, 0.05) is 19.1 Å². The topological polar surface area (TPSA) is 58.2 Å². The van der Waals surface area contributed by atoms with E-state index in [0.29, 0.717) is 24.0 Å². The van der Waals surface area contributed by atoms with Crippen LogP contribution in [0.5, 0.6) is 0 Å². The summed E-state index contributed by atoms with van der Waals surface area (Å²) < 4.78 is 27.6. The summed E-state index contributed by atoms with van der Waals surface area (Å²) in [5.74, 6) is 0. The zero-order valence-electron chi connectivity index (χ0n) is 13.3. The summed E-state index contributed by atoms with van der Waals surface area (Å²) in [5, 5.41) is 3.19. The predicted octanol–water partition coefficient (Wildman–Crippen LogP) is 2.20. The molecule has 0 aliphatic heterocycles. The Kier molecular flexibility index (Phi) is 5.74. The third-order valence-corrected chi connectivity index (χ3v) is 5.27. The van der Waals surface area contributed by atoms with Crippen LogP contribution in [-0.4, -0.2) is 27.5 Å². The lowest BCUT2D eigenvalue weighted by molar-refractivity contribution is 0.558. The minimum Gasteiger partial charge on any atom is -0.313 e. The quantitative estimate of drug-likeness (QED) is 0.792. The second-order valence-electron chi connectivity index (χ2n) is 5.60.